The summed E-state index contributed by atoms with van der Waals surface area (Å²) in [7, 11) is 0. The predicted molar refractivity (Wildman–Crippen MR) is 133 cm³/mol. The number of hydrogen-bond donors (Lipinski definition) is 4. The van der Waals surface area contributed by atoms with Crippen molar-refractivity contribution in [2.24, 2.45) is 5.92 Å². The number of rotatable bonds is 7. The number of anilines is 1. The number of carboxylic acids is 1. The highest BCUT2D eigenvalue weighted by atomic mass is 16.4. The van der Waals surface area contributed by atoms with E-state index in [0.29, 0.717) is 35.8 Å². The molecule has 1 fully saturated rings. The van der Waals surface area contributed by atoms with Gasteiger partial charge in [-0.25, -0.2) is 4.79 Å². The van der Waals surface area contributed by atoms with E-state index < -0.39 is 11.5 Å². The molecule has 3 aromatic rings. The van der Waals surface area contributed by atoms with Crippen LogP contribution >= 0.6 is 0 Å². The number of hydrogen-bond acceptors (Lipinski definition) is 4. The largest absolute Gasteiger partial charge is 0.480 e. The number of aromatic amines is 1. The fourth-order valence-electron chi connectivity index (χ4n) is 4.38. The Hall–Kier alpha value is -3.94. The molecule has 0 unspecified atom stereocenters. The van der Waals surface area contributed by atoms with E-state index in [1.54, 1.807) is 6.07 Å². The van der Waals surface area contributed by atoms with Gasteiger partial charge in [0, 0.05) is 17.2 Å². The minimum absolute atomic E-state index is 0.168. The average Bonchev–Trinajstić information content (AvgIpc) is 3.35. The summed E-state index contributed by atoms with van der Waals surface area (Å²) in [4.78, 5) is 36.4. The molecular weight excluding hydrogens is 444 g/mol. The van der Waals surface area contributed by atoms with Crippen molar-refractivity contribution in [2.75, 3.05) is 5.32 Å². The molecule has 1 aliphatic carbocycles. The summed E-state index contributed by atoms with van der Waals surface area (Å²) in [5.41, 5.74) is 2.62. The van der Waals surface area contributed by atoms with Crippen LogP contribution in [0, 0.1) is 5.92 Å². The number of carbonyl (C=O) groups is 3. The molecule has 0 spiro atoms. The molecule has 35 heavy (non-hydrogen) atoms. The highest BCUT2D eigenvalue weighted by molar-refractivity contribution is 6.03. The molecule has 8 heteroatoms. The zero-order chi connectivity index (χ0) is 25.0. The lowest BCUT2D eigenvalue weighted by molar-refractivity contribution is -0.146. The lowest BCUT2D eigenvalue weighted by Crippen LogP contribution is -2.51. The summed E-state index contributed by atoms with van der Waals surface area (Å²) in [6, 6.07) is 19.2. The molecule has 1 heterocycles. The maximum Gasteiger partial charge on any atom is 0.328 e. The summed E-state index contributed by atoms with van der Waals surface area (Å²) in [6.45, 7) is 2.99. The van der Waals surface area contributed by atoms with Crippen molar-refractivity contribution in [1.82, 2.24) is 15.5 Å². The van der Waals surface area contributed by atoms with Gasteiger partial charge in [0.2, 0.25) is 5.91 Å². The number of aromatic nitrogens is 2. The van der Waals surface area contributed by atoms with Crippen LogP contribution < -0.4 is 10.6 Å². The number of amides is 2. The highest BCUT2D eigenvalue weighted by Gasteiger charge is 2.33. The smallest absolute Gasteiger partial charge is 0.328 e. The normalized spacial score (nSPS) is 18.0. The van der Waals surface area contributed by atoms with Crippen LogP contribution in [0.4, 0.5) is 5.69 Å². The number of benzene rings is 2. The van der Waals surface area contributed by atoms with E-state index in [2.05, 4.69) is 20.8 Å². The van der Waals surface area contributed by atoms with Crippen LogP contribution in [0.15, 0.2) is 60.7 Å². The van der Waals surface area contributed by atoms with Crippen molar-refractivity contribution in [3.8, 4) is 11.3 Å². The summed E-state index contributed by atoms with van der Waals surface area (Å²) in [5.74, 6) is -1.34. The van der Waals surface area contributed by atoms with Crippen LogP contribution in [0.5, 0.6) is 0 Å². The van der Waals surface area contributed by atoms with E-state index in [1.165, 1.54) is 19.4 Å². The van der Waals surface area contributed by atoms with Crippen molar-refractivity contribution in [3.63, 3.8) is 0 Å². The van der Waals surface area contributed by atoms with Gasteiger partial charge in [-0.05, 0) is 69.2 Å². The van der Waals surface area contributed by atoms with Crippen molar-refractivity contribution >= 4 is 23.5 Å². The second-order valence-electron chi connectivity index (χ2n) is 9.58. The SMILES string of the molecule is CC(C)(NC(=O)C1CCC(c2ccc(NC(=O)c3cc(-c4ccccc4)n[nH]3)cc2)CC1)C(=O)O. The van der Waals surface area contributed by atoms with Gasteiger partial charge in [-0.2, -0.15) is 5.10 Å². The molecule has 1 aromatic heterocycles. The van der Waals surface area contributed by atoms with E-state index in [4.69, 9.17) is 0 Å². The fourth-order valence-corrected chi connectivity index (χ4v) is 4.38. The number of nitrogens with zero attached hydrogens (tertiary/aromatic N) is 1. The number of aliphatic carboxylic acids is 1. The highest BCUT2D eigenvalue weighted by Crippen LogP contribution is 2.36. The second-order valence-corrected chi connectivity index (χ2v) is 9.58. The summed E-state index contributed by atoms with van der Waals surface area (Å²) in [6.07, 6.45) is 3.14. The van der Waals surface area contributed by atoms with Gasteiger partial charge in [0.25, 0.3) is 5.91 Å². The molecule has 0 radical (unpaired) electrons. The molecule has 8 nitrogen and oxygen atoms in total. The Morgan fingerprint density at radius 1 is 0.971 bits per heavy atom. The van der Waals surface area contributed by atoms with Crippen LogP contribution in [0.3, 0.4) is 0 Å². The first-order valence-electron chi connectivity index (χ1n) is 11.8. The van der Waals surface area contributed by atoms with Gasteiger partial charge in [0.15, 0.2) is 0 Å². The Morgan fingerprint density at radius 3 is 2.26 bits per heavy atom. The molecule has 182 valence electrons. The van der Waals surface area contributed by atoms with Gasteiger partial charge in [-0.3, -0.25) is 14.7 Å². The monoisotopic (exact) mass is 474 g/mol. The first-order chi connectivity index (χ1) is 16.7. The molecule has 1 aliphatic rings. The fraction of sp³-hybridized carbons (Fsp3) is 0.333. The number of H-pyrrole nitrogens is 1. The Kier molecular flexibility index (Phi) is 7.00. The number of carboxylic acid groups (broad SMARTS) is 1. The van der Waals surface area contributed by atoms with Crippen LogP contribution in [0.25, 0.3) is 11.3 Å². The molecule has 0 aliphatic heterocycles. The molecule has 4 rings (SSSR count). The minimum Gasteiger partial charge on any atom is -0.480 e. The molecule has 0 saturated heterocycles. The predicted octanol–water partition coefficient (Wildman–Crippen LogP) is 4.58. The van der Waals surface area contributed by atoms with E-state index in [9.17, 15) is 19.5 Å². The summed E-state index contributed by atoms with van der Waals surface area (Å²) in [5, 5.41) is 21.8. The first-order valence-corrected chi connectivity index (χ1v) is 11.8. The molecular formula is C27H30N4O4. The molecule has 4 N–H and O–H groups in total. The number of nitrogens with one attached hydrogen (secondary N) is 3. The van der Waals surface area contributed by atoms with E-state index in [-0.39, 0.29) is 17.7 Å². The first kappa shape index (κ1) is 24.2. The van der Waals surface area contributed by atoms with Crippen molar-refractivity contribution in [3.05, 3.63) is 71.9 Å². The quantitative estimate of drug-likeness (QED) is 0.399. The van der Waals surface area contributed by atoms with Crippen LogP contribution in [-0.2, 0) is 9.59 Å². The van der Waals surface area contributed by atoms with Gasteiger partial charge in [0.05, 0.1) is 5.69 Å². The summed E-state index contributed by atoms with van der Waals surface area (Å²) >= 11 is 0. The lowest BCUT2D eigenvalue weighted by atomic mass is 9.78. The third kappa shape index (κ3) is 5.77. The Morgan fingerprint density at radius 2 is 1.63 bits per heavy atom. The second kappa shape index (κ2) is 10.1. The zero-order valence-corrected chi connectivity index (χ0v) is 19.9. The molecule has 2 aromatic carbocycles. The standard InChI is InChI=1S/C27H30N4O4/c1-27(2,26(34)35)29-24(32)20-10-8-17(9-11-20)18-12-14-21(15-13-18)28-25(33)23-16-22(30-31-23)19-6-4-3-5-7-19/h3-7,12-17,20H,8-11H2,1-2H3,(H,28,33)(H,29,32)(H,30,31)(H,34,35). The zero-order valence-electron chi connectivity index (χ0n) is 19.9. The van der Waals surface area contributed by atoms with Crippen LogP contribution in [0.2, 0.25) is 0 Å². The van der Waals surface area contributed by atoms with Crippen LogP contribution in [-0.4, -0.2) is 38.6 Å². The summed E-state index contributed by atoms with van der Waals surface area (Å²) < 4.78 is 0. The third-order valence-electron chi connectivity index (χ3n) is 6.60. The molecule has 0 atom stereocenters. The van der Waals surface area contributed by atoms with Crippen molar-refractivity contribution < 1.29 is 19.5 Å². The Balaban J connectivity index is 1.30. The number of carbonyl (C=O) groups excluding carboxylic acids is 2. The van der Waals surface area contributed by atoms with Crippen LogP contribution in [0.1, 0.15) is 61.5 Å². The molecule has 2 amide bonds. The van der Waals surface area contributed by atoms with E-state index in [1.807, 2.05) is 54.6 Å². The van der Waals surface area contributed by atoms with Gasteiger partial charge < -0.3 is 15.7 Å². The average molecular weight is 475 g/mol. The topological polar surface area (TPSA) is 124 Å². The lowest BCUT2D eigenvalue weighted by Gasteiger charge is -2.30. The van der Waals surface area contributed by atoms with Gasteiger partial charge >= 0.3 is 5.97 Å². The minimum atomic E-state index is -1.27. The molecule has 0 bridgehead atoms. The van der Waals surface area contributed by atoms with E-state index >= 15 is 0 Å². The maximum absolute atomic E-state index is 12.6. The molecule has 1 saturated carbocycles. The Labute approximate surface area is 204 Å². The Bertz CT molecular complexity index is 1190. The van der Waals surface area contributed by atoms with Gasteiger partial charge in [0.1, 0.15) is 11.2 Å². The van der Waals surface area contributed by atoms with Gasteiger partial charge in [-0.15, -0.1) is 0 Å². The maximum atomic E-state index is 12.6. The van der Waals surface area contributed by atoms with E-state index in [0.717, 1.165) is 18.4 Å². The third-order valence-corrected chi connectivity index (χ3v) is 6.60. The van der Waals surface area contributed by atoms with Crippen molar-refractivity contribution in [2.45, 2.75) is 51.0 Å². The van der Waals surface area contributed by atoms with Gasteiger partial charge in [-0.1, -0.05) is 42.5 Å². The van der Waals surface area contributed by atoms with Crippen molar-refractivity contribution in [1.29, 1.82) is 0 Å².